The number of thioether (sulfide) groups is 1. The predicted molar refractivity (Wildman–Crippen MR) is 252 cm³/mol. The van der Waals surface area contributed by atoms with E-state index in [4.69, 9.17) is 23.7 Å². The highest BCUT2D eigenvalue weighted by atomic mass is 32.2. The van der Waals surface area contributed by atoms with E-state index in [2.05, 4.69) is 43.5 Å². The number of likely N-dealkylation sites (tertiary alicyclic amines) is 1. The second-order valence-corrected chi connectivity index (χ2v) is 18.5. The summed E-state index contributed by atoms with van der Waals surface area (Å²) in [6.45, 7) is 7.38. The Kier molecular flexibility index (Phi) is 20.6. The van der Waals surface area contributed by atoms with Gasteiger partial charge in [0.25, 0.3) is 0 Å². The predicted octanol–water partition coefficient (Wildman–Crippen LogP) is 2.36. The SMILES string of the molecule is C=CC1CC1NC(=O)C1CC(Oc2nccc3cc(OC)ccc23)CN1C(=O)CNC(=O)CCCC(=O)NCCCOCCOCCOCCCNC(=O)CCCCC1SCC2NC(=O)NC21. The lowest BCUT2D eigenvalue weighted by atomic mass is 10.0. The van der Waals surface area contributed by atoms with Gasteiger partial charge in [0.05, 0.1) is 58.7 Å². The van der Waals surface area contributed by atoms with Gasteiger partial charge in [-0.2, -0.15) is 11.8 Å². The molecule has 6 rings (SSSR count). The second kappa shape index (κ2) is 27.0. The standard InChI is InChI=1S/C47H68N8O11S/c1-3-31-26-36(31)52-45(60)38-27-34(66-46-35-14-13-33(62-2)25-32(35)15-18-50-46)29-55(38)43(59)28-51-42(58)12-6-11-41(57)49-17-8-20-64-22-24-65-23-21-63-19-7-16-48-40(56)10-5-4-9-39-44-37(30-67-39)53-47(61)54-44/h3,13-15,18,25,31,34,36-39,44H,1,4-12,16-17,19-24,26-30H2,2H3,(H,48,56)(H,49,57)(H,51,58)(H,52,60)(H2,53,54,61). The van der Waals surface area contributed by atoms with Gasteiger partial charge in [-0.15, -0.1) is 6.58 Å². The van der Waals surface area contributed by atoms with Crippen LogP contribution in [0.2, 0.25) is 0 Å². The molecule has 368 valence electrons. The van der Waals surface area contributed by atoms with Gasteiger partial charge in [-0.05, 0) is 74.1 Å². The Hall–Kier alpha value is -5.18. The number of hydrogen-bond donors (Lipinski definition) is 6. The Morgan fingerprint density at radius 2 is 1.54 bits per heavy atom. The number of benzene rings is 1. The van der Waals surface area contributed by atoms with Gasteiger partial charge in [-0.25, -0.2) is 9.78 Å². The Labute approximate surface area is 396 Å². The number of urea groups is 1. The molecular weight excluding hydrogens is 885 g/mol. The van der Waals surface area contributed by atoms with Crippen LogP contribution in [-0.2, 0) is 38.2 Å². The smallest absolute Gasteiger partial charge is 0.315 e. The minimum absolute atomic E-state index is 0.0165. The molecule has 0 spiro atoms. The van der Waals surface area contributed by atoms with Crippen molar-refractivity contribution in [1.29, 1.82) is 0 Å². The second-order valence-electron chi connectivity index (χ2n) is 17.2. The molecule has 3 aliphatic heterocycles. The molecule has 4 aliphatic rings. The van der Waals surface area contributed by atoms with Crippen molar-refractivity contribution in [2.75, 3.05) is 78.7 Å². The van der Waals surface area contributed by atoms with Crippen LogP contribution in [-0.4, -0.2) is 160 Å². The molecule has 2 aromatic rings. The number of ether oxygens (including phenoxy) is 5. The number of carbonyl (C=O) groups is 6. The molecule has 1 aromatic carbocycles. The van der Waals surface area contributed by atoms with Gasteiger partial charge >= 0.3 is 6.03 Å². The third-order valence-corrected chi connectivity index (χ3v) is 13.7. The fraction of sp³-hybridized carbons (Fsp3) is 0.638. The van der Waals surface area contributed by atoms with Crippen LogP contribution < -0.4 is 41.4 Å². The Bertz CT molecular complexity index is 2000. The van der Waals surface area contributed by atoms with Crippen molar-refractivity contribution in [1.82, 2.24) is 41.8 Å². The van der Waals surface area contributed by atoms with Gasteiger partial charge < -0.3 is 60.5 Å². The number of unbranched alkanes of at least 4 members (excludes halogenated alkanes) is 1. The first kappa shape index (κ1) is 51.2. The lowest BCUT2D eigenvalue weighted by Gasteiger charge is -2.24. The quantitative estimate of drug-likeness (QED) is 0.0362. The van der Waals surface area contributed by atoms with Crippen LogP contribution in [0, 0.1) is 5.92 Å². The molecule has 1 aliphatic carbocycles. The van der Waals surface area contributed by atoms with Gasteiger partial charge in [0.15, 0.2) is 0 Å². The molecule has 7 amide bonds. The van der Waals surface area contributed by atoms with Crippen molar-refractivity contribution >= 4 is 58.1 Å². The molecule has 67 heavy (non-hydrogen) atoms. The Balaban J connectivity index is 0.734. The molecule has 19 nitrogen and oxygen atoms in total. The molecule has 3 saturated heterocycles. The molecule has 7 atom stereocenters. The van der Waals surface area contributed by atoms with E-state index < -0.39 is 18.1 Å². The van der Waals surface area contributed by atoms with Crippen molar-refractivity contribution in [3.63, 3.8) is 0 Å². The monoisotopic (exact) mass is 952 g/mol. The van der Waals surface area contributed by atoms with Crippen LogP contribution in [0.4, 0.5) is 4.79 Å². The summed E-state index contributed by atoms with van der Waals surface area (Å²) >= 11 is 1.89. The van der Waals surface area contributed by atoms with Crippen LogP contribution in [0.3, 0.4) is 0 Å². The maximum atomic E-state index is 13.5. The molecular formula is C47H68N8O11S. The maximum absolute atomic E-state index is 13.5. The van der Waals surface area contributed by atoms with Crippen molar-refractivity contribution in [2.45, 2.75) is 106 Å². The number of nitrogens with zero attached hydrogens (tertiary/aromatic N) is 2. The molecule has 0 bridgehead atoms. The van der Waals surface area contributed by atoms with Crippen LogP contribution >= 0.6 is 11.8 Å². The normalized spacial score (nSPS) is 22.6. The van der Waals surface area contributed by atoms with Gasteiger partial charge in [0, 0.05) is 80.6 Å². The molecule has 4 heterocycles. The third-order valence-electron chi connectivity index (χ3n) is 12.2. The number of hydrogen-bond acceptors (Lipinski definition) is 13. The molecule has 1 saturated carbocycles. The zero-order valence-corrected chi connectivity index (χ0v) is 39.4. The number of pyridine rings is 1. The van der Waals surface area contributed by atoms with E-state index in [0.29, 0.717) is 88.9 Å². The minimum Gasteiger partial charge on any atom is -0.497 e. The van der Waals surface area contributed by atoms with E-state index in [-0.39, 0.29) is 86.1 Å². The fourth-order valence-electron chi connectivity index (χ4n) is 8.40. The van der Waals surface area contributed by atoms with Crippen LogP contribution in [0.25, 0.3) is 10.8 Å². The minimum atomic E-state index is -0.783. The van der Waals surface area contributed by atoms with E-state index in [1.165, 1.54) is 4.90 Å². The maximum Gasteiger partial charge on any atom is 0.315 e. The number of methoxy groups -OCH3 is 1. The van der Waals surface area contributed by atoms with Crippen LogP contribution in [0.1, 0.15) is 70.6 Å². The largest absolute Gasteiger partial charge is 0.497 e. The summed E-state index contributed by atoms with van der Waals surface area (Å²) in [5.74, 6) is 1.07. The van der Waals surface area contributed by atoms with Gasteiger partial charge in [-0.1, -0.05) is 12.5 Å². The van der Waals surface area contributed by atoms with Gasteiger partial charge in [0.2, 0.25) is 35.4 Å². The highest BCUT2D eigenvalue weighted by Crippen LogP contribution is 2.34. The number of carbonyl (C=O) groups excluding carboxylic acids is 6. The number of rotatable bonds is 31. The Morgan fingerprint density at radius 1 is 0.851 bits per heavy atom. The van der Waals surface area contributed by atoms with Crippen molar-refractivity contribution < 1.29 is 52.5 Å². The summed E-state index contributed by atoms with van der Waals surface area (Å²) in [6, 6.07) is 6.97. The number of fused-ring (bicyclic) bond motifs is 2. The molecule has 4 fully saturated rings. The van der Waals surface area contributed by atoms with Crippen molar-refractivity contribution in [2.24, 2.45) is 5.92 Å². The van der Waals surface area contributed by atoms with E-state index >= 15 is 0 Å². The highest BCUT2D eigenvalue weighted by molar-refractivity contribution is 8.00. The molecule has 0 radical (unpaired) electrons. The first-order valence-electron chi connectivity index (χ1n) is 23.7. The summed E-state index contributed by atoms with van der Waals surface area (Å²) in [5, 5.41) is 19.5. The van der Waals surface area contributed by atoms with E-state index in [1.807, 2.05) is 42.1 Å². The molecule has 7 unspecified atom stereocenters. The zero-order chi connectivity index (χ0) is 47.4. The third kappa shape index (κ3) is 16.5. The average Bonchev–Trinajstić information content (AvgIpc) is 3.55. The summed E-state index contributed by atoms with van der Waals surface area (Å²) < 4.78 is 28.3. The lowest BCUT2D eigenvalue weighted by molar-refractivity contribution is -0.138. The van der Waals surface area contributed by atoms with Gasteiger partial charge in [0.1, 0.15) is 17.9 Å². The van der Waals surface area contributed by atoms with E-state index in [0.717, 1.165) is 48.6 Å². The number of amides is 7. The van der Waals surface area contributed by atoms with Crippen LogP contribution in [0.15, 0.2) is 43.1 Å². The summed E-state index contributed by atoms with van der Waals surface area (Å²) in [4.78, 5) is 81.4. The molecule has 6 N–H and O–H groups in total. The lowest BCUT2D eigenvalue weighted by Crippen LogP contribution is -2.49. The van der Waals surface area contributed by atoms with Crippen molar-refractivity contribution in [3.8, 4) is 11.6 Å². The highest BCUT2D eigenvalue weighted by Gasteiger charge is 2.45. The first-order chi connectivity index (χ1) is 32.6. The number of nitrogens with one attached hydrogen (secondary N) is 6. The number of aromatic nitrogens is 1. The summed E-state index contributed by atoms with van der Waals surface area (Å²) in [6.07, 6.45) is 9.18. The van der Waals surface area contributed by atoms with E-state index in [9.17, 15) is 28.8 Å². The summed E-state index contributed by atoms with van der Waals surface area (Å²) in [5.41, 5.74) is 0. The summed E-state index contributed by atoms with van der Waals surface area (Å²) in [7, 11) is 1.60. The Morgan fingerprint density at radius 3 is 2.22 bits per heavy atom. The average molecular weight is 953 g/mol. The topological polar surface area (TPSA) is 237 Å². The first-order valence-corrected chi connectivity index (χ1v) is 24.7. The van der Waals surface area contributed by atoms with E-state index in [1.54, 1.807) is 13.3 Å². The molecule has 20 heteroatoms. The zero-order valence-electron chi connectivity index (χ0n) is 38.6. The van der Waals surface area contributed by atoms with Crippen molar-refractivity contribution in [3.05, 3.63) is 43.1 Å². The van der Waals surface area contributed by atoms with Gasteiger partial charge in [-0.3, -0.25) is 24.0 Å². The fourth-order valence-corrected chi connectivity index (χ4v) is 9.95. The molecule has 1 aromatic heterocycles. The van der Waals surface area contributed by atoms with Crippen LogP contribution in [0.5, 0.6) is 11.6 Å².